The van der Waals surface area contributed by atoms with E-state index in [0.717, 1.165) is 0 Å². The van der Waals surface area contributed by atoms with Gasteiger partial charge in [0.25, 0.3) is 0 Å². The number of ketones is 1. The number of benzene rings is 2. The number of halogens is 3. The van der Waals surface area contributed by atoms with Crippen molar-refractivity contribution < 1.29 is 19.1 Å². The minimum Gasteiger partial charge on any atom is -0.454 e. The first-order valence-electron chi connectivity index (χ1n) is 9.01. The Kier molecular flexibility index (Phi) is 7.17. The van der Waals surface area contributed by atoms with Crippen molar-refractivity contribution in [3.05, 3.63) is 64.1 Å². The Morgan fingerprint density at radius 2 is 1.62 bits per heavy atom. The lowest BCUT2D eigenvalue weighted by Crippen LogP contribution is -2.32. The molecular weight excluding hydrogens is 437 g/mol. The molecule has 0 unspecified atom stereocenters. The zero-order valence-electron chi connectivity index (χ0n) is 15.3. The molecule has 0 N–H and O–H groups in total. The quantitative estimate of drug-likeness (QED) is 0.343. The van der Waals surface area contributed by atoms with E-state index in [9.17, 15) is 14.4 Å². The van der Waals surface area contributed by atoms with Crippen LogP contribution in [0.4, 0.5) is 5.69 Å². The van der Waals surface area contributed by atoms with Gasteiger partial charge >= 0.3 is 5.97 Å². The van der Waals surface area contributed by atoms with Crippen molar-refractivity contribution in [2.45, 2.75) is 18.9 Å². The van der Waals surface area contributed by atoms with Crippen LogP contribution in [0.2, 0.25) is 10.0 Å². The fourth-order valence-electron chi connectivity index (χ4n) is 3.12. The van der Waals surface area contributed by atoms with E-state index in [-0.39, 0.29) is 37.0 Å². The average molecular weight is 455 g/mol. The number of hydrogen-bond acceptors (Lipinski definition) is 4. The molecule has 5 nitrogen and oxygen atoms in total. The van der Waals surface area contributed by atoms with Gasteiger partial charge < -0.3 is 9.64 Å². The predicted octanol–water partition coefficient (Wildman–Crippen LogP) is 4.77. The maximum atomic E-state index is 12.7. The Morgan fingerprint density at radius 3 is 2.21 bits per heavy atom. The zero-order valence-corrected chi connectivity index (χ0v) is 17.6. The smallest absolute Gasteiger partial charge is 0.312 e. The lowest BCUT2D eigenvalue weighted by atomic mass is 10.0. The summed E-state index contributed by atoms with van der Waals surface area (Å²) in [6.45, 7) is 0.183. The summed E-state index contributed by atoms with van der Waals surface area (Å²) in [5.74, 6) is -1.64. The van der Waals surface area contributed by atoms with Gasteiger partial charge in [-0.2, -0.15) is 0 Å². The van der Waals surface area contributed by atoms with Crippen LogP contribution in [0, 0.1) is 5.92 Å². The molecule has 1 aliphatic rings. The number of Topliss-reactive ketones (excluding diaryl/α,β-unsaturated/α-hetero) is 1. The molecule has 0 bridgehead atoms. The molecule has 1 saturated heterocycles. The van der Waals surface area contributed by atoms with Crippen molar-refractivity contribution in [2.75, 3.05) is 17.3 Å². The Balaban J connectivity index is 1.68. The van der Waals surface area contributed by atoms with Gasteiger partial charge in [0.15, 0.2) is 6.10 Å². The standard InChI is InChI=1S/C21H18Cl3NO4/c22-10-9-18(20(27)13-1-3-15(23)4-2-13)29-21(28)14-11-19(26)25(12-14)17-7-5-16(24)6-8-17/h1-8,14,18H,9-12H2/t14-,18-/m0/s1. The van der Waals surface area contributed by atoms with Crippen LogP contribution in [-0.2, 0) is 14.3 Å². The Labute approximate surface area is 183 Å². The number of nitrogens with zero attached hydrogens (tertiary/aromatic N) is 1. The number of amides is 1. The molecule has 8 heteroatoms. The molecule has 29 heavy (non-hydrogen) atoms. The number of esters is 1. The van der Waals surface area contributed by atoms with Gasteiger partial charge in [0.05, 0.1) is 5.92 Å². The van der Waals surface area contributed by atoms with Crippen molar-refractivity contribution in [1.82, 2.24) is 0 Å². The molecule has 1 amide bonds. The van der Waals surface area contributed by atoms with E-state index in [1.807, 2.05) is 0 Å². The molecule has 152 valence electrons. The molecule has 1 fully saturated rings. The molecular formula is C21H18Cl3NO4. The van der Waals surface area contributed by atoms with Crippen LogP contribution in [0.3, 0.4) is 0 Å². The molecule has 0 spiro atoms. The lowest BCUT2D eigenvalue weighted by Gasteiger charge is -2.19. The van der Waals surface area contributed by atoms with Crippen molar-refractivity contribution in [3.8, 4) is 0 Å². The topological polar surface area (TPSA) is 63.7 Å². The third kappa shape index (κ3) is 5.30. The van der Waals surface area contributed by atoms with Gasteiger partial charge in [0.2, 0.25) is 11.7 Å². The third-order valence-corrected chi connectivity index (χ3v) is 5.37. The first kappa shape index (κ1) is 21.6. The molecule has 0 aliphatic carbocycles. The Hall–Kier alpha value is -2.08. The number of alkyl halides is 1. The van der Waals surface area contributed by atoms with Crippen LogP contribution in [0.25, 0.3) is 0 Å². The molecule has 0 radical (unpaired) electrons. The van der Waals surface area contributed by atoms with Crippen molar-refractivity contribution in [1.29, 1.82) is 0 Å². The van der Waals surface area contributed by atoms with Crippen molar-refractivity contribution in [2.24, 2.45) is 5.92 Å². The van der Waals surface area contributed by atoms with Crippen LogP contribution in [0.5, 0.6) is 0 Å². The van der Waals surface area contributed by atoms with Gasteiger partial charge in [0.1, 0.15) is 0 Å². The summed E-state index contributed by atoms with van der Waals surface area (Å²) in [5.41, 5.74) is 1.03. The van der Waals surface area contributed by atoms with Gasteiger partial charge in [0, 0.05) is 46.6 Å². The molecule has 2 aromatic carbocycles. The van der Waals surface area contributed by atoms with Gasteiger partial charge in [-0.25, -0.2) is 0 Å². The predicted molar refractivity (Wildman–Crippen MR) is 113 cm³/mol. The maximum Gasteiger partial charge on any atom is 0.312 e. The number of anilines is 1. The molecule has 3 rings (SSSR count). The fraction of sp³-hybridized carbons (Fsp3) is 0.286. The van der Waals surface area contributed by atoms with E-state index in [1.54, 1.807) is 48.5 Å². The normalized spacial score (nSPS) is 17.3. The van der Waals surface area contributed by atoms with Crippen molar-refractivity contribution >= 4 is 58.1 Å². The first-order valence-corrected chi connectivity index (χ1v) is 10.3. The van der Waals surface area contributed by atoms with Crippen LogP contribution in [0.1, 0.15) is 23.2 Å². The second-order valence-electron chi connectivity index (χ2n) is 6.66. The molecule has 0 aromatic heterocycles. The number of carbonyl (C=O) groups excluding carboxylic acids is 3. The zero-order chi connectivity index (χ0) is 21.0. The highest BCUT2D eigenvalue weighted by Gasteiger charge is 2.38. The van der Waals surface area contributed by atoms with Gasteiger partial charge in [-0.1, -0.05) is 23.2 Å². The average Bonchev–Trinajstić information content (AvgIpc) is 3.10. The molecule has 1 heterocycles. The van der Waals surface area contributed by atoms with Crippen LogP contribution in [-0.4, -0.2) is 36.2 Å². The summed E-state index contributed by atoms with van der Waals surface area (Å²) in [7, 11) is 0. The van der Waals surface area contributed by atoms with Crippen LogP contribution >= 0.6 is 34.8 Å². The van der Waals surface area contributed by atoms with E-state index in [1.165, 1.54) is 4.90 Å². The van der Waals surface area contributed by atoms with Crippen LogP contribution in [0.15, 0.2) is 48.5 Å². The second-order valence-corrected chi connectivity index (χ2v) is 7.91. The van der Waals surface area contributed by atoms with E-state index < -0.39 is 18.0 Å². The summed E-state index contributed by atoms with van der Waals surface area (Å²) in [5, 5.41) is 1.06. The highest BCUT2D eigenvalue weighted by molar-refractivity contribution is 6.31. The third-order valence-electron chi connectivity index (χ3n) is 4.65. The SMILES string of the molecule is O=C(O[C@@H](CCCl)C(=O)c1ccc(Cl)cc1)[C@H]1CC(=O)N(c2ccc(Cl)cc2)C1. The van der Waals surface area contributed by atoms with Gasteiger partial charge in [-0.3, -0.25) is 14.4 Å². The summed E-state index contributed by atoms with van der Waals surface area (Å²) >= 11 is 17.5. The molecule has 1 aliphatic heterocycles. The monoisotopic (exact) mass is 453 g/mol. The van der Waals surface area contributed by atoms with E-state index >= 15 is 0 Å². The Bertz CT molecular complexity index is 899. The summed E-state index contributed by atoms with van der Waals surface area (Å²) in [4.78, 5) is 39.2. The minimum absolute atomic E-state index is 0.0180. The van der Waals surface area contributed by atoms with E-state index in [0.29, 0.717) is 21.3 Å². The summed E-state index contributed by atoms with van der Waals surface area (Å²) < 4.78 is 5.47. The van der Waals surface area contributed by atoms with E-state index in [4.69, 9.17) is 39.5 Å². The molecule has 0 saturated carbocycles. The Morgan fingerprint density at radius 1 is 1.03 bits per heavy atom. The maximum absolute atomic E-state index is 12.7. The number of ether oxygens (including phenoxy) is 1. The van der Waals surface area contributed by atoms with Gasteiger partial charge in [-0.15, -0.1) is 11.6 Å². The first-order chi connectivity index (χ1) is 13.9. The minimum atomic E-state index is -1.01. The summed E-state index contributed by atoms with van der Waals surface area (Å²) in [6, 6.07) is 13.1. The van der Waals surface area contributed by atoms with Crippen LogP contribution < -0.4 is 4.90 Å². The largest absolute Gasteiger partial charge is 0.454 e. The number of rotatable bonds is 7. The second kappa shape index (κ2) is 9.61. The molecule has 2 aromatic rings. The van der Waals surface area contributed by atoms with E-state index in [2.05, 4.69) is 0 Å². The molecule has 2 atom stereocenters. The summed E-state index contributed by atoms with van der Waals surface area (Å²) in [6.07, 6.45) is -0.818. The van der Waals surface area contributed by atoms with Crippen molar-refractivity contribution in [3.63, 3.8) is 0 Å². The lowest BCUT2D eigenvalue weighted by molar-refractivity contribution is -0.151. The van der Waals surface area contributed by atoms with Gasteiger partial charge in [-0.05, 0) is 48.5 Å². The fourth-order valence-corrected chi connectivity index (χ4v) is 3.57. The number of hydrogen-bond donors (Lipinski definition) is 0. The highest BCUT2D eigenvalue weighted by atomic mass is 35.5. The number of carbonyl (C=O) groups is 3. The highest BCUT2D eigenvalue weighted by Crippen LogP contribution is 2.27.